The van der Waals surface area contributed by atoms with E-state index in [0.29, 0.717) is 0 Å². The molecule has 1 unspecified atom stereocenters. The number of rotatable bonds is 4. The molecule has 0 amide bonds. The maximum absolute atomic E-state index is 5.75. The Kier molecular flexibility index (Phi) is 4.79. The van der Waals surface area contributed by atoms with Crippen LogP contribution >= 0.6 is 22.6 Å². The van der Waals surface area contributed by atoms with Gasteiger partial charge in [-0.25, -0.2) is 5.43 Å². The summed E-state index contributed by atoms with van der Waals surface area (Å²) < 4.78 is 6.50. The third kappa shape index (κ3) is 3.08. The molecule has 0 bridgehead atoms. The Bertz CT molecular complexity index is 572. The van der Waals surface area contributed by atoms with E-state index in [1.165, 1.54) is 14.7 Å². The van der Waals surface area contributed by atoms with Crippen molar-refractivity contribution < 1.29 is 4.74 Å². The molecule has 0 aromatic heterocycles. The molecule has 0 heterocycles. The van der Waals surface area contributed by atoms with Crippen molar-refractivity contribution in [3.63, 3.8) is 0 Å². The molecule has 0 radical (unpaired) electrons. The minimum Gasteiger partial charge on any atom is -0.497 e. The van der Waals surface area contributed by atoms with Gasteiger partial charge in [0.25, 0.3) is 0 Å². The van der Waals surface area contributed by atoms with Gasteiger partial charge in [0.1, 0.15) is 5.75 Å². The number of ether oxygens (including phenoxy) is 1. The van der Waals surface area contributed by atoms with Gasteiger partial charge >= 0.3 is 0 Å². The summed E-state index contributed by atoms with van der Waals surface area (Å²) in [6.07, 6.45) is 0. The van der Waals surface area contributed by atoms with Gasteiger partial charge in [-0.15, -0.1) is 0 Å². The quantitative estimate of drug-likeness (QED) is 0.495. The van der Waals surface area contributed by atoms with Crippen LogP contribution in [-0.2, 0) is 0 Å². The number of hydrogen-bond donors (Lipinski definition) is 2. The summed E-state index contributed by atoms with van der Waals surface area (Å²) in [4.78, 5) is 0. The van der Waals surface area contributed by atoms with Gasteiger partial charge in [-0.05, 0) is 58.3 Å². The van der Waals surface area contributed by atoms with Crippen molar-refractivity contribution in [1.29, 1.82) is 0 Å². The molecule has 0 spiro atoms. The molecule has 0 aliphatic rings. The highest BCUT2D eigenvalue weighted by Crippen LogP contribution is 2.29. The summed E-state index contributed by atoms with van der Waals surface area (Å²) in [6, 6.07) is 14.2. The largest absolute Gasteiger partial charge is 0.497 e. The third-order valence-electron chi connectivity index (χ3n) is 3.13. The number of hydrazine groups is 1. The summed E-state index contributed by atoms with van der Waals surface area (Å²) in [5.74, 6) is 6.59. The lowest BCUT2D eigenvalue weighted by molar-refractivity contribution is 0.413. The molecule has 3 N–H and O–H groups in total. The van der Waals surface area contributed by atoms with E-state index in [4.69, 9.17) is 10.6 Å². The Balaban J connectivity index is 2.46. The second-order valence-corrected chi connectivity index (χ2v) is 5.43. The first-order chi connectivity index (χ1) is 9.17. The lowest BCUT2D eigenvalue weighted by atomic mass is 9.98. The molecule has 100 valence electrons. The fourth-order valence-electron chi connectivity index (χ4n) is 2.08. The zero-order valence-corrected chi connectivity index (χ0v) is 13.1. The number of benzene rings is 2. The summed E-state index contributed by atoms with van der Waals surface area (Å²) in [7, 11) is 1.67. The topological polar surface area (TPSA) is 47.3 Å². The Hall–Kier alpha value is -1.11. The number of nitrogens with two attached hydrogens (primary N) is 1. The van der Waals surface area contributed by atoms with Gasteiger partial charge in [-0.2, -0.15) is 0 Å². The highest BCUT2D eigenvalue weighted by molar-refractivity contribution is 14.1. The van der Waals surface area contributed by atoms with Crippen LogP contribution < -0.4 is 16.0 Å². The van der Waals surface area contributed by atoms with E-state index in [2.05, 4.69) is 53.1 Å². The van der Waals surface area contributed by atoms with Crippen molar-refractivity contribution in [2.24, 2.45) is 5.84 Å². The number of methoxy groups -OCH3 is 1. The first-order valence-corrected chi connectivity index (χ1v) is 7.10. The predicted molar refractivity (Wildman–Crippen MR) is 86.1 cm³/mol. The van der Waals surface area contributed by atoms with E-state index in [-0.39, 0.29) is 6.04 Å². The van der Waals surface area contributed by atoms with Crippen LogP contribution in [0.5, 0.6) is 5.75 Å². The second kappa shape index (κ2) is 6.36. The van der Waals surface area contributed by atoms with Crippen molar-refractivity contribution in [2.45, 2.75) is 13.0 Å². The standard InChI is InChI=1S/C15H17IN2O/c1-10-5-3-8-13(14(10)16)15(18-17)11-6-4-7-12(9-11)19-2/h3-9,15,18H,17H2,1-2H3. The molecule has 0 aliphatic carbocycles. The summed E-state index contributed by atoms with van der Waals surface area (Å²) in [5, 5.41) is 0. The van der Waals surface area contributed by atoms with Gasteiger partial charge in [0.15, 0.2) is 0 Å². The highest BCUT2D eigenvalue weighted by atomic mass is 127. The van der Waals surface area contributed by atoms with Gasteiger partial charge in [-0.3, -0.25) is 5.84 Å². The molecule has 3 nitrogen and oxygen atoms in total. The SMILES string of the molecule is COc1cccc(C(NN)c2cccc(C)c2I)c1. The van der Waals surface area contributed by atoms with E-state index in [0.717, 1.165) is 11.3 Å². The van der Waals surface area contributed by atoms with Gasteiger partial charge < -0.3 is 4.74 Å². The molecule has 0 saturated carbocycles. The molecule has 0 aliphatic heterocycles. The van der Waals surface area contributed by atoms with Crippen LogP contribution in [0.3, 0.4) is 0 Å². The summed E-state index contributed by atoms with van der Waals surface area (Å²) in [6.45, 7) is 2.10. The molecule has 1 atom stereocenters. The van der Waals surface area contributed by atoms with Crippen molar-refractivity contribution in [3.05, 3.63) is 62.7 Å². The van der Waals surface area contributed by atoms with E-state index >= 15 is 0 Å². The molecule has 19 heavy (non-hydrogen) atoms. The molecule has 0 saturated heterocycles. The Morgan fingerprint density at radius 3 is 2.63 bits per heavy atom. The second-order valence-electron chi connectivity index (χ2n) is 4.35. The van der Waals surface area contributed by atoms with Gasteiger partial charge in [0, 0.05) is 3.57 Å². The molecule has 2 aromatic rings. The highest BCUT2D eigenvalue weighted by Gasteiger charge is 2.16. The number of nitrogens with one attached hydrogen (secondary N) is 1. The number of hydrogen-bond acceptors (Lipinski definition) is 3. The fraction of sp³-hybridized carbons (Fsp3) is 0.200. The van der Waals surface area contributed by atoms with Crippen LogP contribution in [0.1, 0.15) is 22.7 Å². The van der Waals surface area contributed by atoms with Gasteiger partial charge in [0.2, 0.25) is 0 Å². The van der Waals surface area contributed by atoms with Gasteiger partial charge in [0.05, 0.1) is 13.2 Å². The first kappa shape index (κ1) is 14.3. The molecule has 0 fully saturated rings. The number of aryl methyl sites for hydroxylation is 1. The molecule has 4 heteroatoms. The molecular weight excluding hydrogens is 351 g/mol. The lowest BCUT2D eigenvalue weighted by Gasteiger charge is -2.20. The van der Waals surface area contributed by atoms with Crippen LogP contribution in [0, 0.1) is 10.5 Å². The maximum atomic E-state index is 5.75. The van der Waals surface area contributed by atoms with E-state index in [1.54, 1.807) is 7.11 Å². The van der Waals surface area contributed by atoms with Crippen molar-refractivity contribution in [2.75, 3.05) is 7.11 Å². The van der Waals surface area contributed by atoms with E-state index in [9.17, 15) is 0 Å². The zero-order chi connectivity index (χ0) is 13.8. The first-order valence-electron chi connectivity index (χ1n) is 6.02. The fourth-order valence-corrected chi connectivity index (χ4v) is 2.75. The lowest BCUT2D eigenvalue weighted by Crippen LogP contribution is -2.29. The van der Waals surface area contributed by atoms with E-state index < -0.39 is 0 Å². The monoisotopic (exact) mass is 368 g/mol. The van der Waals surface area contributed by atoms with Crippen molar-refractivity contribution >= 4 is 22.6 Å². The molecular formula is C15H17IN2O. The summed E-state index contributed by atoms with van der Waals surface area (Å²) in [5.41, 5.74) is 6.41. The van der Waals surface area contributed by atoms with E-state index in [1.807, 2.05) is 24.3 Å². The minimum atomic E-state index is -0.0399. The predicted octanol–water partition coefficient (Wildman–Crippen LogP) is 3.16. The Morgan fingerprint density at radius 2 is 1.95 bits per heavy atom. The minimum absolute atomic E-state index is 0.0399. The van der Waals surface area contributed by atoms with Crippen LogP contribution in [0.2, 0.25) is 0 Å². The average molecular weight is 368 g/mol. The normalized spacial score (nSPS) is 12.2. The van der Waals surface area contributed by atoms with Crippen molar-refractivity contribution in [1.82, 2.24) is 5.43 Å². The van der Waals surface area contributed by atoms with Crippen LogP contribution in [0.25, 0.3) is 0 Å². The molecule has 2 rings (SSSR count). The van der Waals surface area contributed by atoms with Crippen LogP contribution in [0.4, 0.5) is 0 Å². The third-order valence-corrected chi connectivity index (χ3v) is 4.60. The molecule has 2 aromatic carbocycles. The van der Waals surface area contributed by atoms with Crippen LogP contribution in [-0.4, -0.2) is 7.11 Å². The Labute approximate surface area is 127 Å². The van der Waals surface area contributed by atoms with Crippen molar-refractivity contribution in [3.8, 4) is 5.75 Å². The average Bonchev–Trinajstić information content (AvgIpc) is 2.44. The van der Waals surface area contributed by atoms with Crippen LogP contribution in [0.15, 0.2) is 42.5 Å². The zero-order valence-electron chi connectivity index (χ0n) is 11.0. The maximum Gasteiger partial charge on any atom is 0.119 e. The smallest absolute Gasteiger partial charge is 0.119 e. The van der Waals surface area contributed by atoms with Gasteiger partial charge in [-0.1, -0.05) is 30.3 Å². The number of halogens is 1. The summed E-state index contributed by atoms with van der Waals surface area (Å²) >= 11 is 2.36. The Morgan fingerprint density at radius 1 is 1.21 bits per heavy atom.